The predicted octanol–water partition coefficient (Wildman–Crippen LogP) is 4.39. The highest BCUT2D eigenvalue weighted by Crippen LogP contribution is 2.19. The molecule has 0 atom stereocenters. The lowest BCUT2D eigenvalue weighted by Gasteiger charge is -2.25. The number of hydrogen-bond acceptors (Lipinski definition) is 4. The first kappa shape index (κ1) is 19.9. The highest BCUT2D eigenvalue weighted by molar-refractivity contribution is 5.95. The summed E-state index contributed by atoms with van der Waals surface area (Å²) >= 11 is 0. The zero-order valence-corrected chi connectivity index (χ0v) is 15.5. The summed E-state index contributed by atoms with van der Waals surface area (Å²) in [5.41, 5.74) is -0.300. The molecule has 0 aliphatic rings. The van der Waals surface area contributed by atoms with Crippen LogP contribution in [-0.2, 0) is 19.1 Å². The molecule has 0 saturated heterocycles. The molecule has 0 N–H and O–H groups in total. The molecule has 1 aromatic carbocycles. The first-order valence-corrected chi connectivity index (χ1v) is 8.15. The Hall–Kier alpha value is -2.10. The van der Waals surface area contributed by atoms with Gasteiger partial charge in [0.05, 0.1) is 0 Å². The smallest absolute Gasteiger partial charge is 0.321 e. The fourth-order valence-electron chi connectivity index (χ4n) is 1.94. The van der Waals surface area contributed by atoms with Gasteiger partial charge < -0.3 is 9.47 Å². The molecule has 0 bridgehead atoms. The van der Waals surface area contributed by atoms with E-state index in [2.05, 4.69) is 0 Å². The highest BCUT2D eigenvalue weighted by atomic mass is 16.6. The number of carbonyl (C=O) groups is 2. The summed E-state index contributed by atoms with van der Waals surface area (Å²) in [5, 5.41) is 0. The molecule has 0 saturated carbocycles. The summed E-state index contributed by atoms with van der Waals surface area (Å²) in [6.45, 7) is 10.6. The third-order valence-electron chi connectivity index (χ3n) is 2.86. The number of hydrogen-bond donors (Lipinski definition) is 0. The molecule has 0 aromatic heterocycles. The topological polar surface area (TPSA) is 52.6 Å². The number of benzene rings is 1. The van der Waals surface area contributed by atoms with Crippen molar-refractivity contribution in [1.29, 1.82) is 0 Å². The fourth-order valence-corrected chi connectivity index (χ4v) is 1.94. The number of carbonyl (C=O) groups excluding carboxylic acids is 2. The number of esters is 2. The van der Waals surface area contributed by atoms with Gasteiger partial charge in [0.2, 0.25) is 0 Å². The van der Waals surface area contributed by atoms with Crippen molar-refractivity contribution in [1.82, 2.24) is 0 Å². The maximum atomic E-state index is 12.4. The lowest BCUT2D eigenvalue weighted by atomic mass is 10.0. The first-order chi connectivity index (χ1) is 11.0. The molecule has 0 amide bonds. The van der Waals surface area contributed by atoms with E-state index in [1.807, 2.05) is 36.4 Å². The molecule has 0 spiro atoms. The van der Waals surface area contributed by atoms with E-state index in [0.717, 1.165) is 5.56 Å². The van der Waals surface area contributed by atoms with Crippen LogP contribution in [0.4, 0.5) is 0 Å². The molecule has 0 unspecified atom stereocenters. The summed E-state index contributed by atoms with van der Waals surface area (Å²) in [7, 11) is 0. The van der Waals surface area contributed by atoms with Gasteiger partial charge in [-0.25, -0.2) is 0 Å². The monoisotopic (exact) mass is 332 g/mol. The van der Waals surface area contributed by atoms with Crippen molar-refractivity contribution in [3.05, 3.63) is 42.0 Å². The SMILES string of the molecule is CC(C)(C)OC(=O)C(C/C=C/c1ccccc1)C(=O)OC(C)(C)C. The summed E-state index contributed by atoms with van der Waals surface area (Å²) in [6.07, 6.45) is 3.91. The van der Waals surface area contributed by atoms with E-state index in [9.17, 15) is 9.59 Å². The molecule has 4 nitrogen and oxygen atoms in total. The minimum atomic E-state index is -0.969. The number of ether oxygens (including phenoxy) is 2. The Balaban J connectivity index is 2.86. The minimum absolute atomic E-state index is 0.235. The molecule has 4 heteroatoms. The van der Waals surface area contributed by atoms with Crippen molar-refractivity contribution < 1.29 is 19.1 Å². The van der Waals surface area contributed by atoms with Crippen LogP contribution in [0.2, 0.25) is 0 Å². The molecule has 0 aliphatic carbocycles. The molecular weight excluding hydrogens is 304 g/mol. The quantitative estimate of drug-likeness (QED) is 0.593. The lowest BCUT2D eigenvalue weighted by Crippen LogP contribution is -2.36. The van der Waals surface area contributed by atoms with E-state index >= 15 is 0 Å². The second-order valence-corrected chi connectivity index (χ2v) is 7.67. The van der Waals surface area contributed by atoms with Gasteiger partial charge in [-0.1, -0.05) is 42.5 Å². The Morgan fingerprint density at radius 1 is 0.917 bits per heavy atom. The van der Waals surface area contributed by atoms with Crippen molar-refractivity contribution in [3.8, 4) is 0 Å². The zero-order chi connectivity index (χ0) is 18.4. The highest BCUT2D eigenvalue weighted by Gasteiger charge is 2.33. The second-order valence-electron chi connectivity index (χ2n) is 7.67. The van der Waals surface area contributed by atoms with Crippen LogP contribution in [0, 0.1) is 5.92 Å². The van der Waals surface area contributed by atoms with E-state index in [4.69, 9.17) is 9.47 Å². The first-order valence-electron chi connectivity index (χ1n) is 8.15. The number of allylic oxidation sites excluding steroid dienone is 1. The summed E-state index contributed by atoms with van der Waals surface area (Å²) < 4.78 is 10.7. The van der Waals surface area contributed by atoms with Gasteiger partial charge in [0, 0.05) is 0 Å². The standard InChI is InChI=1S/C20H28O4/c1-19(2,3)23-17(21)16(18(22)24-20(4,5)6)14-10-13-15-11-8-7-9-12-15/h7-13,16H,14H2,1-6H3/b13-10+. The Labute approximate surface area is 144 Å². The second kappa shape index (κ2) is 8.13. The Bertz CT molecular complexity index is 546. The van der Waals surface area contributed by atoms with E-state index in [1.165, 1.54) is 0 Å². The van der Waals surface area contributed by atoms with E-state index in [0.29, 0.717) is 0 Å². The molecule has 0 radical (unpaired) electrons. The van der Waals surface area contributed by atoms with Crippen LogP contribution in [0.25, 0.3) is 6.08 Å². The van der Waals surface area contributed by atoms with Crippen molar-refractivity contribution in [2.75, 3.05) is 0 Å². The van der Waals surface area contributed by atoms with Crippen molar-refractivity contribution in [3.63, 3.8) is 0 Å². The summed E-state index contributed by atoms with van der Waals surface area (Å²) in [5.74, 6) is -2.09. The molecule has 0 aliphatic heterocycles. The third kappa shape index (κ3) is 7.95. The van der Waals surface area contributed by atoms with Crippen LogP contribution in [0.3, 0.4) is 0 Å². The van der Waals surface area contributed by atoms with Crippen LogP contribution in [0.1, 0.15) is 53.5 Å². The Morgan fingerprint density at radius 2 is 1.38 bits per heavy atom. The Morgan fingerprint density at radius 3 is 1.79 bits per heavy atom. The molecule has 132 valence electrons. The van der Waals surface area contributed by atoms with Crippen LogP contribution < -0.4 is 0 Å². The lowest BCUT2D eigenvalue weighted by molar-refractivity contribution is -0.174. The predicted molar refractivity (Wildman–Crippen MR) is 95.3 cm³/mol. The van der Waals surface area contributed by atoms with Gasteiger partial charge in [0.1, 0.15) is 11.2 Å². The molecule has 1 rings (SSSR count). The van der Waals surface area contributed by atoms with Gasteiger partial charge in [0.25, 0.3) is 0 Å². The molecule has 1 aromatic rings. The Kier molecular flexibility index (Phi) is 6.76. The van der Waals surface area contributed by atoms with Crippen molar-refractivity contribution >= 4 is 18.0 Å². The fraction of sp³-hybridized carbons (Fsp3) is 0.500. The van der Waals surface area contributed by atoms with Gasteiger partial charge in [0.15, 0.2) is 5.92 Å². The molecular formula is C20H28O4. The van der Waals surface area contributed by atoms with Crippen LogP contribution in [-0.4, -0.2) is 23.1 Å². The molecule has 24 heavy (non-hydrogen) atoms. The van der Waals surface area contributed by atoms with E-state index in [1.54, 1.807) is 47.6 Å². The molecule has 0 heterocycles. The molecule has 0 fully saturated rings. The zero-order valence-electron chi connectivity index (χ0n) is 15.5. The van der Waals surface area contributed by atoms with Gasteiger partial charge in [-0.15, -0.1) is 0 Å². The van der Waals surface area contributed by atoms with Crippen LogP contribution in [0.15, 0.2) is 36.4 Å². The average Bonchev–Trinajstić information content (AvgIpc) is 2.40. The van der Waals surface area contributed by atoms with Crippen molar-refractivity contribution in [2.24, 2.45) is 5.92 Å². The maximum Gasteiger partial charge on any atom is 0.321 e. The van der Waals surface area contributed by atoms with Gasteiger partial charge in [-0.05, 0) is 53.5 Å². The van der Waals surface area contributed by atoms with Gasteiger partial charge in [-0.2, -0.15) is 0 Å². The normalized spacial score (nSPS) is 12.5. The summed E-state index contributed by atoms with van der Waals surface area (Å²) in [6, 6.07) is 9.69. The van der Waals surface area contributed by atoms with E-state index in [-0.39, 0.29) is 6.42 Å². The van der Waals surface area contributed by atoms with Crippen LogP contribution >= 0.6 is 0 Å². The van der Waals surface area contributed by atoms with Crippen molar-refractivity contribution in [2.45, 2.75) is 59.2 Å². The largest absolute Gasteiger partial charge is 0.459 e. The minimum Gasteiger partial charge on any atom is -0.459 e. The summed E-state index contributed by atoms with van der Waals surface area (Å²) in [4.78, 5) is 24.7. The maximum absolute atomic E-state index is 12.4. The third-order valence-corrected chi connectivity index (χ3v) is 2.86. The van der Waals surface area contributed by atoms with E-state index < -0.39 is 29.1 Å². The van der Waals surface area contributed by atoms with Gasteiger partial charge in [-0.3, -0.25) is 9.59 Å². The average molecular weight is 332 g/mol. The number of rotatable bonds is 5. The van der Waals surface area contributed by atoms with Gasteiger partial charge >= 0.3 is 11.9 Å². The van der Waals surface area contributed by atoms with Crippen LogP contribution in [0.5, 0.6) is 0 Å².